The summed E-state index contributed by atoms with van der Waals surface area (Å²) in [5.41, 5.74) is 5.65. The van der Waals surface area contributed by atoms with Gasteiger partial charge in [-0.05, 0) is 35.9 Å². The van der Waals surface area contributed by atoms with Crippen LogP contribution in [0.5, 0.6) is 11.5 Å². The van der Waals surface area contributed by atoms with Crippen LogP contribution in [0.15, 0.2) is 36.4 Å². The molecule has 0 bridgehead atoms. The van der Waals surface area contributed by atoms with Gasteiger partial charge in [0.1, 0.15) is 0 Å². The van der Waals surface area contributed by atoms with Gasteiger partial charge in [-0.25, -0.2) is 0 Å². The maximum atomic E-state index is 12.0. The van der Waals surface area contributed by atoms with Crippen LogP contribution >= 0.6 is 23.2 Å². The second-order valence-electron chi connectivity index (χ2n) is 5.00. The van der Waals surface area contributed by atoms with Gasteiger partial charge in [-0.1, -0.05) is 29.3 Å². The van der Waals surface area contributed by atoms with Crippen LogP contribution in [-0.2, 0) is 11.2 Å². The summed E-state index contributed by atoms with van der Waals surface area (Å²) in [4.78, 5) is 24.0. The highest BCUT2D eigenvalue weighted by Crippen LogP contribution is 2.27. The molecule has 0 saturated heterocycles. The molecule has 2 amide bonds. The van der Waals surface area contributed by atoms with E-state index in [-0.39, 0.29) is 22.9 Å². The fourth-order valence-corrected chi connectivity index (χ4v) is 2.35. The third kappa shape index (κ3) is 5.01. The maximum absolute atomic E-state index is 12.0. The van der Waals surface area contributed by atoms with Gasteiger partial charge < -0.3 is 9.47 Å². The quantitative estimate of drug-likeness (QED) is 0.779. The SMILES string of the molecule is COc1ccc(CC(=O)NNC(=O)c2ccc(Cl)c(Cl)c2)cc1OC. The van der Waals surface area contributed by atoms with E-state index in [1.54, 1.807) is 18.2 Å². The molecular formula is C17H16Cl2N2O4. The van der Waals surface area contributed by atoms with Crippen LogP contribution in [0.3, 0.4) is 0 Å². The Balaban J connectivity index is 1.94. The van der Waals surface area contributed by atoms with Crippen LogP contribution in [0.2, 0.25) is 10.0 Å². The summed E-state index contributed by atoms with van der Waals surface area (Å²) in [6, 6.07) is 9.56. The standard InChI is InChI=1S/C17H16Cl2N2O4/c1-24-14-6-3-10(7-15(14)25-2)8-16(22)20-21-17(23)11-4-5-12(18)13(19)9-11/h3-7,9H,8H2,1-2H3,(H,20,22)(H,21,23). The molecule has 0 saturated carbocycles. The van der Waals surface area contributed by atoms with E-state index in [1.807, 2.05) is 0 Å². The maximum Gasteiger partial charge on any atom is 0.269 e. The van der Waals surface area contributed by atoms with Crippen LogP contribution in [0.4, 0.5) is 0 Å². The third-order valence-corrected chi connectivity index (χ3v) is 4.05. The van der Waals surface area contributed by atoms with Crippen molar-refractivity contribution in [1.82, 2.24) is 10.9 Å². The summed E-state index contributed by atoms with van der Waals surface area (Å²) in [5, 5.41) is 0.599. The van der Waals surface area contributed by atoms with Gasteiger partial charge in [0, 0.05) is 5.56 Å². The van der Waals surface area contributed by atoms with Crippen LogP contribution in [0, 0.1) is 0 Å². The summed E-state index contributed by atoms with van der Waals surface area (Å²) in [6.07, 6.45) is 0.0575. The van der Waals surface area contributed by atoms with Gasteiger partial charge in [-0.3, -0.25) is 20.4 Å². The van der Waals surface area contributed by atoms with Crippen molar-refractivity contribution in [2.24, 2.45) is 0 Å². The fourth-order valence-electron chi connectivity index (χ4n) is 2.06. The highest BCUT2D eigenvalue weighted by Gasteiger charge is 2.11. The van der Waals surface area contributed by atoms with E-state index in [9.17, 15) is 9.59 Å². The number of carbonyl (C=O) groups excluding carboxylic acids is 2. The molecule has 0 unspecified atom stereocenters. The zero-order valence-electron chi connectivity index (χ0n) is 13.6. The van der Waals surface area contributed by atoms with Crippen molar-refractivity contribution in [3.63, 3.8) is 0 Å². The van der Waals surface area contributed by atoms with E-state index >= 15 is 0 Å². The van der Waals surface area contributed by atoms with Gasteiger partial charge in [-0.2, -0.15) is 0 Å². The average Bonchev–Trinajstić information content (AvgIpc) is 2.61. The first kappa shape index (κ1) is 18.9. The number of rotatable bonds is 5. The lowest BCUT2D eigenvalue weighted by Crippen LogP contribution is -2.42. The smallest absolute Gasteiger partial charge is 0.269 e. The summed E-state index contributed by atoms with van der Waals surface area (Å²) < 4.78 is 10.3. The van der Waals surface area contributed by atoms with Crippen molar-refractivity contribution in [2.45, 2.75) is 6.42 Å². The summed E-state index contributed by atoms with van der Waals surface area (Å²) in [7, 11) is 3.04. The Labute approximate surface area is 155 Å². The number of hydrogen-bond donors (Lipinski definition) is 2. The zero-order valence-corrected chi connectivity index (χ0v) is 15.1. The Morgan fingerprint density at radius 2 is 1.64 bits per heavy atom. The van der Waals surface area contributed by atoms with Gasteiger partial charge in [-0.15, -0.1) is 0 Å². The molecule has 2 N–H and O–H groups in total. The highest BCUT2D eigenvalue weighted by atomic mass is 35.5. The molecule has 0 aromatic heterocycles. The van der Waals surface area contributed by atoms with Crippen molar-refractivity contribution in [3.05, 3.63) is 57.6 Å². The van der Waals surface area contributed by atoms with Gasteiger partial charge in [0.2, 0.25) is 5.91 Å². The minimum Gasteiger partial charge on any atom is -0.493 e. The van der Waals surface area contributed by atoms with E-state index in [2.05, 4.69) is 10.9 Å². The number of nitrogens with one attached hydrogen (secondary N) is 2. The number of methoxy groups -OCH3 is 2. The van der Waals surface area contributed by atoms with Crippen LogP contribution < -0.4 is 20.3 Å². The van der Waals surface area contributed by atoms with E-state index in [0.29, 0.717) is 22.1 Å². The molecule has 25 heavy (non-hydrogen) atoms. The van der Waals surface area contributed by atoms with Gasteiger partial charge >= 0.3 is 0 Å². The minimum atomic E-state index is -0.501. The molecule has 132 valence electrons. The Morgan fingerprint density at radius 3 is 2.28 bits per heavy atom. The first-order valence-electron chi connectivity index (χ1n) is 7.19. The third-order valence-electron chi connectivity index (χ3n) is 3.31. The number of benzene rings is 2. The first-order chi connectivity index (χ1) is 11.9. The lowest BCUT2D eigenvalue weighted by Gasteiger charge is -2.10. The topological polar surface area (TPSA) is 76.7 Å². The Morgan fingerprint density at radius 1 is 0.920 bits per heavy atom. The molecule has 0 aliphatic rings. The van der Waals surface area contributed by atoms with Crippen LogP contribution in [-0.4, -0.2) is 26.0 Å². The summed E-state index contributed by atoms with van der Waals surface area (Å²) >= 11 is 11.7. The first-order valence-corrected chi connectivity index (χ1v) is 7.95. The number of hydrogen-bond acceptors (Lipinski definition) is 4. The second kappa shape index (κ2) is 8.60. The van der Waals surface area contributed by atoms with Gasteiger partial charge in [0.25, 0.3) is 5.91 Å². The molecule has 0 atom stereocenters. The van der Waals surface area contributed by atoms with E-state index in [0.717, 1.165) is 0 Å². The van der Waals surface area contributed by atoms with Crippen LogP contribution in [0.1, 0.15) is 15.9 Å². The predicted octanol–water partition coefficient (Wildman–Crippen LogP) is 3.01. The predicted molar refractivity (Wildman–Crippen MR) is 95.3 cm³/mol. The monoisotopic (exact) mass is 382 g/mol. The fraction of sp³-hybridized carbons (Fsp3) is 0.176. The molecule has 2 aromatic carbocycles. The molecule has 2 aromatic rings. The molecule has 0 heterocycles. The molecule has 2 rings (SSSR count). The Hall–Kier alpha value is -2.44. The zero-order chi connectivity index (χ0) is 18.4. The summed E-state index contributed by atoms with van der Waals surface area (Å²) in [5.74, 6) is 0.201. The number of amides is 2. The van der Waals surface area contributed by atoms with Crippen molar-refractivity contribution in [3.8, 4) is 11.5 Å². The summed E-state index contributed by atoms with van der Waals surface area (Å²) in [6.45, 7) is 0. The van der Waals surface area contributed by atoms with E-state index in [4.69, 9.17) is 32.7 Å². The van der Waals surface area contributed by atoms with Crippen molar-refractivity contribution in [1.29, 1.82) is 0 Å². The number of ether oxygens (including phenoxy) is 2. The molecule has 0 aliphatic heterocycles. The van der Waals surface area contributed by atoms with E-state index in [1.165, 1.54) is 32.4 Å². The molecule has 0 spiro atoms. The Kier molecular flexibility index (Phi) is 6.50. The Bertz CT molecular complexity index is 796. The highest BCUT2D eigenvalue weighted by molar-refractivity contribution is 6.42. The number of carbonyl (C=O) groups is 2. The minimum absolute atomic E-state index is 0.0575. The molecular weight excluding hydrogens is 367 g/mol. The normalized spacial score (nSPS) is 10.1. The molecule has 0 radical (unpaired) electrons. The van der Waals surface area contributed by atoms with Gasteiger partial charge in [0.15, 0.2) is 11.5 Å². The molecule has 0 fully saturated rings. The molecule has 6 nitrogen and oxygen atoms in total. The van der Waals surface area contributed by atoms with Crippen molar-refractivity contribution < 1.29 is 19.1 Å². The van der Waals surface area contributed by atoms with Crippen molar-refractivity contribution in [2.75, 3.05) is 14.2 Å². The lowest BCUT2D eigenvalue weighted by atomic mass is 10.1. The second-order valence-corrected chi connectivity index (χ2v) is 5.81. The number of hydrazine groups is 1. The number of halogens is 2. The molecule has 8 heteroatoms. The lowest BCUT2D eigenvalue weighted by molar-refractivity contribution is -0.121. The molecule has 0 aliphatic carbocycles. The van der Waals surface area contributed by atoms with Crippen molar-refractivity contribution >= 4 is 35.0 Å². The van der Waals surface area contributed by atoms with Gasteiger partial charge in [0.05, 0.1) is 30.7 Å². The largest absolute Gasteiger partial charge is 0.493 e. The van der Waals surface area contributed by atoms with E-state index < -0.39 is 5.91 Å². The van der Waals surface area contributed by atoms with Crippen LogP contribution in [0.25, 0.3) is 0 Å². The average molecular weight is 383 g/mol.